The summed E-state index contributed by atoms with van der Waals surface area (Å²) in [6, 6.07) is 5.52. The number of ether oxygens (including phenoxy) is 1. The number of nitrogens with one attached hydrogen (secondary N) is 1. The lowest BCUT2D eigenvalue weighted by Crippen LogP contribution is -2.37. The molecule has 3 rings (SSSR count). The lowest BCUT2D eigenvalue weighted by Gasteiger charge is -2.19. The third-order valence-corrected chi connectivity index (χ3v) is 4.95. The van der Waals surface area contributed by atoms with E-state index in [1.54, 1.807) is 6.07 Å². The summed E-state index contributed by atoms with van der Waals surface area (Å²) in [6.07, 6.45) is 3.88. The SMILES string of the molecule is O=[N+]([O-])c1cccc(CNC2CCOC2C2CC2)c1Br. The van der Waals surface area contributed by atoms with E-state index in [4.69, 9.17) is 4.74 Å². The molecule has 0 aromatic heterocycles. The van der Waals surface area contributed by atoms with Crippen LogP contribution in [-0.4, -0.2) is 23.7 Å². The summed E-state index contributed by atoms with van der Waals surface area (Å²) in [5, 5.41) is 14.4. The molecule has 0 radical (unpaired) electrons. The molecule has 1 saturated carbocycles. The van der Waals surface area contributed by atoms with Gasteiger partial charge in [0, 0.05) is 25.3 Å². The lowest BCUT2D eigenvalue weighted by molar-refractivity contribution is -0.385. The van der Waals surface area contributed by atoms with Gasteiger partial charge in [0.15, 0.2) is 0 Å². The molecule has 1 aliphatic heterocycles. The Hall–Kier alpha value is -0.980. The summed E-state index contributed by atoms with van der Waals surface area (Å²) in [5.74, 6) is 0.712. The molecular formula is C14H17BrN2O3. The van der Waals surface area contributed by atoms with Gasteiger partial charge < -0.3 is 10.1 Å². The molecule has 1 aromatic carbocycles. The highest BCUT2D eigenvalue weighted by Crippen LogP contribution is 2.39. The molecule has 2 atom stereocenters. The molecule has 108 valence electrons. The van der Waals surface area contributed by atoms with E-state index in [0.717, 1.165) is 18.6 Å². The average molecular weight is 341 g/mol. The monoisotopic (exact) mass is 340 g/mol. The second-order valence-electron chi connectivity index (χ2n) is 5.46. The van der Waals surface area contributed by atoms with Crippen molar-refractivity contribution >= 4 is 21.6 Å². The van der Waals surface area contributed by atoms with Crippen LogP contribution in [0.4, 0.5) is 5.69 Å². The highest BCUT2D eigenvalue weighted by Gasteiger charge is 2.40. The van der Waals surface area contributed by atoms with Gasteiger partial charge in [-0.05, 0) is 46.7 Å². The highest BCUT2D eigenvalue weighted by molar-refractivity contribution is 9.10. The zero-order valence-corrected chi connectivity index (χ0v) is 12.6. The first-order valence-corrected chi connectivity index (χ1v) is 7.73. The van der Waals surface area contributed by atoms with Gasteiger partial charge >= 0.3 is 0 Å². The van der Waals surface area contributed by atoms with Gasteiger partial charge in [-0.25, -0.2) is 0 Å². The molecule has 6 heteroatoms. The second-order valence-corrected chi connectivity index (χ2v) is 6.25. The zero-order chi connectivity index (χ0) is 14.1. The summed E-state index contributed by atoms with van der Waals surface area (Å²) >= 11 is 3.33. The molecule has 1 aromatic rings. The third kappa shape index (κ3) is 2.87. The largest absolute Gasteiger partial charge is 0.376 e. The van der Waals surface area contributed by atoms with Crippen molar-refractivity contribution in [2.75, 3.05) is 6.61 Å². The van der Waals surface area contributed by atoms with Gasteiger partial charge in [-0.15, -0.1) is 0 Å². The fraction of sp³-hybridized carbons (Fsp3) is 0.571. The molecule has 0 bridgehead atoms. The van der Waals surface area contributed by atoms with Crippen LogP contribution in [0.15, 0.2) is 22.7 Å². The quantitative estimate of drug-likeness (QED) is 0.661. The van der Waals surface area contributed by atoms with E-state index < -0.39 is 0 Å². The van der Waals surface area contributed by atoms with Crippen molar-refractivity contribution in [3.63, 3.8) is 0 Å². The molecule has 1 N–H and O–H groups in total. The Balaban J connectivity index is 1.66. The van der Waals surface area contributed by atoms with Crippen LogP contribution in [0.3, 0.4) is 0 Å². The number of halogens is 1. The summed E-state index contributed by atoms with van der Waals surface area (Å²) in [5.41, 5.74) is 1.03. The Morgan fingerprint density at radius 3 is 2.90 bits per heavy atom. The Bertz CT molecular complexity index is 519. The molecule has 0 spiro atoms. The van der Waals surface area contributed by atoms with Crippen molar-refractivity contribution in [1.82, 2.24) is 5.32 Å². The number of nitro benzene ring substituents is 1. The van der Waals surface area contributed by atoms with Gasteiger partial charge in [-0.2, -0.15) is 0 Å². The zero-order valence-electron chi connectivity index (χ0n) is 11.0. The van der Waals surface area contributed by atoms with Crippen LogP contribution in [-0.2, 0) is 11.3 Å². The fourth-order valence-electron chi connectivity index (χ4n) is 2.80. The van der Waals surface area contributed by atoms with Gasteiger partial charge in [-0.3, -0.25) is 10.1 Å². The highest BCUT2D eigenvalue weighted by atomic mass is 79.9. The molecule has 5 nitrogen and oxygen atoms in total. The van der Waals surface area contributed by atoms with Crippen LogP contribution < -0.4 is 5.32 Å². The van der Waals surface area contributed by atoms with Gasteiger partial charge in [0.1, 0.15) is 0 Å². The van der Waals surface area contributed by atoms with Crippen molar-refractivity contribution in [1.29, 1.82) is 0 Å². The number of benzene rings is 1. The number of hydrogen-bond acceptors (Lipinski definition) is 4. The topological polar surface area (TPSA) is 64.4 Å². The molecule has 1 heterocycles. The van der Waals surface area contributed by atoms with Crippen LogP contribution in [0.1, 0.15) is 24.8 Å². The van der Waals surface area contributed by atoms with E-state index in [2.05, 4.69) is 21.2 Å². The fourth-order valence-corrected chi connectivity index (χ4v) is 3.35. The molecule has 1 aliphatic carbocycles. The molecule has 2 unspecified atom stereocenters. The number of hydrogen-bond donors (Lipinski definition) is 1. The predicted molar refractivity (Wildman–Crippen MR) is 78.5 cm³/mol. The van der Waals surface area contributed by atoms with Crippen molar-refractivity contribution in [3.8, 4) is 0 Å². The summed E-state index contributed by atoms with van der Waals surface area (Å²) < 4.78 is 6.36. The Morgan fingerprint density at radius 2 is 2.20 bits per heavy atom. The average Bonchev–Trinajstić information content (AvgIpc) is 3.16. The van der Waals surface area contributed by atoms with Crippen LogP contribution in [0.2, 0.25) is 0 Å². The molecular weight excluding hydrogens is 324 g/mol. The second kappa shape index (κ2) is 5.79. The number of rotatable bonds is 5. The van der Waals surface area contributed by atoms with Crippen molar-refractivity contribution in [2.45, 2.75) is 38.0 Å². The van der Waals surface area contributed by atoms with Crippen LogP contribution in [0, 0.1) is 16.0 Å². The van der Waals surface area contributed by atoms with Crippen LogP contribution >= 0.6 is 15.9 Å². The van der Waals surface area contributed by atoms with E-state index in [1.807, 2.05) is 6.07 Å². The number of nitro groups is 1. The van der Waals surface area contributed by atoms with Gasteiger partial charge in [-0.1, -0.05) is 12.1 Å². The van der Waals surface area contributed by atoms with Crippen molar-refractivity contribution < 1.29 is 9.66 Å². The number of nitrogens with zero attached hydrogens (tertiary/aromatic N) is 1. The maximum absolute atomic E-state index is 10.9. The van der Waals surface area contributed by atoms with Crippen molar-refractivity contribution in [3.05, 3.63) is 38.3 Å². The molecule has 20 heavy (non-hydrogen) atoms. The smallest absolute Gasteiger partial charge is 0.283 e. The first kappa shape index (κ1) is 14.0. The van der Waals surface area contributed by atoms with E-state index in [0.29, 0.717) is 29.1 Å². The first-order valence-electron chi connectivity index (χ1n) is 6.93. The lowest BCUT2D eigenvalue weighted by atomic mass is 10.1. The van der Waals surface area contributed by atoms with Gasteiger partial charge in [0.05, 0.1) is 15.5 Å². The standard InChI is InChI=1S/C14H17BrN2O3/c15-13-10(2-1-3-12(13)17(18)19)8-16-11-6-7-20-14(11)9-4-5-9/h1-3,9,11,14,16H,4-8H2. The summed E-state index contributed by atoms with van der Waals surface area (Å²) in [4.78, 5) is 10.6. The van der Waals surface area contributed by atoms with E-state index in [9.17, 15) is 10.1 Å². The normalized spacial score (nSPS) is 25.9. The van der Waals surface area contributed by atoms with Gasteiger partial charge in [0.25, 0.3) is 5.69 Å². The van der Waals surface area contributed by atoms with Gasteiger partial charge in [0.2, 0.25) is 0 Å². The Kier molecular flexibility index (Phi) is 4.05. The molecule has 2 aliphatic rings. The minimum Gasteiger partial charge on any atom is -0.376 e. The van der Waals surface area contributed by atoms with Crippen LogP contribution in [0.5, 0.6) is 0 Å². The minimum atomic E-state index is -0.362. The Labute approximate surface area is 126 Å². The summed E-state index contributed by atoms with van der Waals surface area (Å²) in [7, 11) is 0. The molecule has 0 amide bonds. The maximum atomic E-state index is 10.9. The van der Waals surface area contributed by atoms with E-state index >= 15 is 0 Å². The minimum absolute atomic E-state index is 0.116. The van der Waals surface area contributed by atoms with Crippen molar-refractivity contribution in [2.24, 2.45) is 5.92 Å². The van der Waals surface area contributed by atoms with Crippen LogP contribution in [0.25, 0.3) is 0 Å². The van der Waals surface area contributed by atoms with E-state index in [-0.39, 0.29) is 10.6 Å². The van der Waals surface area contributed by atoms with E-state index in [1.165, 1.54) is 18.9 Å². The molecule has 2 fully saturated rings. The first-order chi connectivity index (χ1) is 9.66. The maximum Gasteiger partial charge on any atom is 0.283 e. The third-order valence-electron chi connectivity index (χ3n) is 4.03. The summed E-state index contributed by atoms with van der Waals surface area (Å²) in [6.45, 7) is 1.44. The Morgan fingerprint density at radius 1 is 1.40 bits per heavy atom. The molecule has 1 saturated heterocycles. The predicted octanol–water partition coefficient (Wildman–Crippen LogP) is 3.01.